The van der Waals surface area contributed by atoms with Crippen molar-refractivity contribution in [2.24, 2.45) is 17.3 Å². The number of hydrogen-bond acceptors (Lipinski definition) is 4. The molecule has 1 aliphatic carbocycles. The molecule has 4 heteroatoms. The minimum Gasteiger partial charge on any atom is -0.469 e. The van der Waals surface area contributed by atoms with E-state index in [0.29, 0.717) is 19.3 Å². The normalized spacial score (nSPS) is 29.2. The zero-order valence-electron chi connectivity index (χ0n) is 10.4. The Morgan fingerprint density at radius 1 is 1.25 bits per heavy atom. The van der Waals surface area contributed by atoms with Crippen LogP contribution in [0.25, 0.3) is 0 Å². The molecule has 1 rings (SSSR count). The third-order valence-electron chi connectivity index (χ3n) is 3.78. The molecule has 1 saturated carbocycles. The van der Waals surface area contributed by atoms with Crippen LogP contribution in [0, 0.1) is 17.3 Å². The van der Waals surface area contributed by atoms with Crippen molar-refractivity contribution in [2.45, 2.75) is 33.1 Å². The van der Waals surface area contributed by atoms with Crippen molar-refractivity contribution in [3.63, 3.8) is 0 Å². The standard InChI is InChI=1S/C12H20O4/c1-8(2)12(11(14)16-4)6-5-9(7-12)10(13)15-3/h8-9H,5-7H2,1-4H3/t9-,12+/m0/s1. The van der Waals surface area contributed by atoms with Crippen molar-refractivity contribution in [2.75, 3.05) is 14.2 Å². The largest absolute Gasteiger partial charge is 0.469 e. The van der Waals surface area contributed by atoms with Gasteiger partial charge in [0.15, 0.2) is 0 Å². The van der Waals surface area contributed by atoms with Crippen molar-refractivity contribution in [1.29, 1.82) is 0 Å². The fraction of sp³-hybridized carbons (Fsp3) is 0.833. The van der Waals surface area contributed by atoms with Gasteiger partial charge in [-0.3, -0.25) is 9.59 Å². The smallest absolute Gasteiger partial charge is 0.312 e. The SMILES string of the molecule is COC(=O)[C@H]1CC[C@](C(=O)OC)(C(C)C)C1. The summed E-state index contributed by atoms with van der Waals surface area (Å²) in [5.74, 6) is -0.401. The van der Waals surface area contributed by atoms with Gasteiger partial charge >= 0.3 is 11.9 Å². The molecule has 4 nitrogen and oxygen atoms in total. The van der Waals surface area contributed by atoms with E-state index in [4.69, 9.17) is 9.47 Å². The van der Waals surface area contributed by atoms with Gasteiger partial charge in [-0.05, 0) is 25.2 Å². The van der Waals surface area contributed by atoms with Gasteiger partial charge in [0.1, 0.15) is 0 Å². The highest BCUT2D eigenvalue weighted by Gasteiger charge is 2.50. The fourth-order valence-corrected chi connectivity index (χ4v) is 2.59. The second-order valence-electron chi connectivity index (χ2n) is 4.77. The topological polar surface area (TPSA) is 52.6 Å². The number of methoxy groups -OCH3 is 2. The monoisotopic (exact) mass is 228 g/mol. The van der Waals surface area contributed by atoms with Gasteiger partial charge in [0.25, 0.3) is 0 Å². The van der Waals surface area contributed by atoms with E-state index >= 15 is 0 Å². The van der Waals surface area contributed by atoms with Gasteiger partial charge < -0.3 is 9.47 Å². The molecule has 1 aliphatic rings. The van der Waals surface area contributed by atoms with Crippen molar-refractivity contribution in [3.8, 4) is 0 Å². The van der Waals surface area contributed by atoms with E-state index in [2.05, 4.69) is 0 Å². The maximum absolute atomic E-state index is 11.9. The van der Waals surface area contributed by atoms with Crippen molar-refractivity contribution < 1.29 is 19.1 Å². The summed E-state index contributed by atoms with van der Waals surface area (Å²) in [4.78, 5) is 23.3. The second-order valence-corrected chi connectivity index (χ2v) is 4.77. The first-order valence-corrected chi connectivity index (χ1v) is 5.64. The molecule has 0 aromatic heterocycles. The van der Waals surface area contributed by atoms with Gasteiger partial charge in [0.05, 0.1) is 25.6 Å². The first kappa shape index (κ1) is 13.0. The van der Waals surface area contributed by atoms with Gasteiger partial charge in [-0.1, -0.05) is 13.8 Å². The van der Waals surface area contributed by atoms with E-state index < -0.39 is 5.41 Å². The Kier molecular flexibility index (Phi) is 3.94. The highest BCUT2D eigenvalue weighted by molar-refractivity contribution is 5.80. The average Bonchev–Trinajstić information content (AvgIpc) is 2.73. The molecule has 0 saturated heterocycles. The summed E-state index contributed by atoms with van der Waals surface area (Å²) in [6.07, 6.45) is 1.96. The Labute approximate surface area is 96.3 Å². The van der Waals surface area contributed by atoms with E-state index in [-0.39, 0.29) is 23.8 Å². The molecule has 0 spiro atoms. The van der Waals surface area contributed by atoms with E-state index in [1.165, 1.54) is 14.2 Å². The van der Waals surface area contributed by atoms with Crippen molar-refractivity contribution >= 4 is 11.9 Å². The minimum atomic E-state index is -0.506. The van der Waals surface area contributed by atoms with Crippen molar-refractivity contribution in [3.05, 3.63) is 0 Å². The predicted octanol–water partition coefficient (Wildman–Crippen LogP) is 1.77. The molecule has 0 radical (unpaired) electrons. The Hall–Kier alpha value is -1.06. The zero-order valence-corrected chi connectivity index (χ0v) is 10.4. The number of ether oxygens (including phenoxy) is 2. The number of hydrogen-bond donors (Lipinski definition) is 0. The van der Waals surface area contributed by atoms with Gasteiger partial charge in [-0.15, -0.1) is 0 Å². The fourth-order valence-electron chi connectivity index (χ4n) is 2.59. The highest BCUT2D eigenvalue weighted by Crippen LogP contribution is 2.48. The van der Waals surface area contributed by atoms with E-state index in [1.807, 2.05) is 13.8 Å². The lowest BCUT2D eigenvalue weighted by Gasteiger charge is -2.30. The summed E-state index contributed by atoms with van der Waals surface area (Å²) in [7, 11) is 2.79. The third kappa shape index (κ3) is 2.06. The lowest BCUT2D eigenvalue weighted by molar-refractivity contribution is -0.156. The molecule has 0 heterocycles. The average molecular weight is 228 g/mol. The van der Waals surface area contributed by atoms with E-state index in [1.54, 1.807) is 0 Å². The van der Waals surface area contributed by atoms with Crippen LogP contribution in [0.15, 0.2) is 0 Å². The van der Waals surface area contributed by atoms with Gasteiger partial charge in [-0.25, -0.2) is 0 Å². The lowest BCUT2D eigenvalue weighted by Crippen LogP contribution is -2.35. The van der Waals surface area contributed by atoms with Gasteiger partial charge in [0, 0.05) is 0 Å². The van der Waals surface area contributed by atoms with Crippen LogP contribution in [-0.2, 0) is 19.1 Å². The Bertz CT molecular complexity index is 285. The van der Waals surface area contributed by atoms with Crippen LogP contribution < -0.4 is 0 Å². The Balaban J connectivity index is 2.85. The third-order valence-corrected chi connectivity index (χ3v) is 3.78. The maximum atomic E-state index is 11.9. The molecular weight excluding hydrogens is 208 g/mol. The van der Waals surface area contributed by atoms with Gasteiger partial charge in [0.2, 0.25) is 0 Å². The number of carbonyl (C=O) groups is 2. The predicted molar refractivity (Wildman–Crippen MR) is 58.6 cm³/mol. The minimum absolute atomic E-state index is 0.161. The summed E-state index contributed by atoms with van der Waals surface area (Å²) in [5.41, 5.74) is -0.506. The molecule has 0 aromatic rings. The highest BCUT2D eigenvalue weighted by atomic mass is 16.5. The molecule has 16 heavy (non-hydrogen) atoms. The van der Waals surface area contributed by atoms with Crippen LogP contribution in [0.2, 0.25) is 0 Å². The van der Waals surface area contributed by atoms with Crippen LogP contribution in [0.3, 0.4) is 0 Å². The first-order chi connectivity index (χ1) is 7.47. The Morgan fingerprint density at radius 3 is 2.31 bits per heavy atom. The summed E-state index contributed by atoms with van der Waals surface area (Å²) < 4.78 is 9.60. The molecule has 0 aromatic carbocycles. The van der Waals surface area contributed by atoms with Crippen LogP contribution in [0.4, 0.5) is 0 Å². The van der Waals surface area contributed by atoms with Crippen LogP contribution in [0.5, 0.6) is 0 Å². The first-order valence-electron chi connectivity index (χ1n) is 5.64. The van der Waals surface area contributed by atoms with Crippen LogP contribution in [0.1, 0.15) is 33.1 Å². The summed E-state index contributed by atoms with van der Waals surface area (Å²) in [6, 6.07) is 0. The molecule has 0 N–H and O–H groups in total. The zero-order chi connectivity index (χ0) is 12.3. The molecular formula is C12H20O4. The quantitative estimate of drug-likeness (QED) is 0.691. The van der Waals surface area contributed by atoms with Gasteiger partial charge in [-0.2, -0.15) is 0 Å². The number of rotatable bonds is 3. The van der Waals surface area contributed by atoms with Crippen LogP contribution in [-0.4, -0.2) is 26.2 Å². The number of carbonyl (C=O) groups excluding carboxylic acids is 2. The van der Waals surface area contributed by atoms with E-state index in [9.17, 15) is 9.59 Å². The van der Waals surface area contributed by atoms with Crippen molar-refractivity contribution in [1.82, 2.24) is 0 Å². The number of esters is 2. The second kappa shape index (κ2) is 4.85. The molecule has 92 valence electrons. The lowest BCUT2D eigenvalue weighted by atomic mass is 9.75. The molecule has 0 unspecified atom stereocenters. The molecule has 0 bridgehead atoms. The summed E-state index contributed by atoms with van der Waals surface area (Å²) in [5, 5.41) is 0. The molecule has 0 amide bonds. The molecule has 0 aliphatic heterocycles. The summed E-state index contributed by atoms with van der Waals surface area (Å²) >= 11 is 0. The van der Waals surface area contributed by atoms with Crippen LogP contribution >= 0.6 is 0 Å². The maximum Gasteiger partial charge on any atom is 0.312 e. The molecule has 2 atom stereocenters. The Morgan fingerprint density at radius 2 is 1.88 bits per heavy atom. The van der Waals surface area contributed by atoms with E-state index in [0.717, 1.165) is 0 Å². The molecule has 1 fully saturated rings. The summed E-state index contributed by atoms with van der Waals surface area (Å²) in [6.45, 7) is 3.99.